The first-order chi connectivity index (χ1) is 9.42. The third kappa shape index (κ3) is 4.34. The molecule has 2 heteroatoms. The molecule has 0 atom stereocenters. The Bertz CT molecular complexity index is 416. The molecule has 0 aliphatic carbocycles. The van der Waals surface area contributed by atoms with E-state index < -0.39 is 9.04 Å². The number of benzene rings is 2. The van der Waals surface area contributed by atoms with Gasteiger partial charge in [0.05, 0.1) is 0 Å². The van der Waals surface area contributed by atoms with Crippen molar-refractivity contribution in [1.82, 2.24) is 0 Å². The predicted molar refractivity (Wildman–Crippen MR) is 83.4 cm³/mol. The van der Waals surface area contributed by atoms with Gasteiger partial charge in [0.2, 0.25) is 0 Å². The highest BCUT2D eigenvalue weighted by Gasteiger charge is 2.18. The topological polar surface area (TPSA) is 9.23 Å². The van der Waals surface area contributed by atoms with Crippen LogP contribution in [-0.2, 0) is 4.43 Å². The average molecular weight is 269 g/mol. The molecule has 0 aliphatic rings. The van der Waals surface area contributed by atoms with Gasteiger partial charge < -0.3 is 4.43 Å². The number of rotatable bonds is 7. The molecule has 0 N–H and O–H groups in total. The maximum atomic E-state index is 6.22. The Morgan fingerprint density at radius 1 is 0.789 bits per heavy atom. The molecular weight excluding hydrogens is 248 g/mol. The van der Waals surface area contributed by atoms with Gasteiger partial charge in [-0.15, -0.1) is 0 Å². The van der Waals surface area contributed by atoms with E-state index in [2.05, 4.69) is 67.6 Å². The molecule has 0 fully saturated rings. The molecule has 0 bridgehead atoms. The maximum absolute atomic E-state index is 6.22. The first-order valence-electron chi connectivity index (χ1n) is 7.02. The van der Waals surface area contributed by atoms with Gasteiger partial charge in [-0.1, -0.05) is 80.4 Å². The second-order valence-electron chi connectivity index (χ2n) is 4.62. The molecule has 0 unspecified atom stereocenters. The fourth-order valence-electron chi connectivity index (χ4n) is 2.04. The third-order valence-electron chi connectivity index (χ3n) is 3.07. The molecule has 19 heavy (non-hydrogen) atoms. The fraction of sp³-hybridized carbons (Fsp3) is 0.294. The number of hydrogen-bond donors (Lipinski definition) is 0. The molecule has 99 valence electrons. The summed E-state index contributed by atoms with van der Waals surface area (Å²) in [6, 6.07) is 21.2. The summed E-state index contributed by atoms with van der Waals surface area (Å²) in [5.74, 6) is 0. The Morgan fingerprint density at radius 3 is 1.79 bits per heavy atom. The van der Waals surface area contributed by atoms with Gasteiger partial charge >= 0.3 is 0 Å². The lowest BCUT2D eigenvalue weighted by molar-refractivity contribution is 0.320. The highest BCUT2D eigenvalue weighted by atomic mass is 28.3. The van der Waals surface area contributed by atoms with Crippen molar-refractivity contribution < 1.29 is 4.43 Å². The standard InChI is InChI=1S/C17H21OSi/c1-2-3-10-15-18-19(16-11-6-4-7-12-16)17-13-8-5-9-14-17/h4-9,11-14H,2-3,10,15H2,1H3. The van der Waals surface area contributed by atoms with E-state index >= 15 is 0 Å². The van der Waals surface area contributed by atoms with Crippen molar-refractivity contribution in [1.29, 1.82) is 0 Å². The second kappa shape index (κ2) is 7.92. The molecule has 0 heterocycles. The lowest BCUT2D eigenvalue weighted by Gasteiger charge is -2.16. The Morgan fingerprint density at radius 2 is 1.32 bits per heavy atom. The van der Waals surface area contributed by atoms with Crippen LogP contribution in [0.2, 0.25) is 0 Å². The van der Waals surface area contributed by atoms with Crippen molar-refractivity contribution in [2.75, 3.05) is 6.61 Å². The third-order valence-corrected chi connectivity index (χ3v) is 5.27. The summed E-state index contributed by atoms with van der Waals surface area (Å²) in [6.45, 7) is 3.09. The molecule has 1 nitrogen and oxygen atoms in total. The molecule has 0 spiro atoms. The fourth-order valence-corrected chi connectivity index (χ4v) is 4.04. The van der Waals surface area contributed by atoms with E-state index in [9.17, 15) is 0 Å². The molecule has 1 radical (unpaired) electrons. The van der Waals surface area contributed by atoms with E-state index in [-0.39, 0.29) is 0 Å². The molecular formula is C17H21OSi. The number of unbranched alkanes of at least 4 members (excludes halogenated alkanes) is 2. The van der Waals surface area contributed by atoms with Crippen LogP contribution in [0.15, 0.2) is 60.7 Å². The van der Waals surface area contributed by atoms with Crippen molar-refractivity contribution in [3.8, 4) is 0 Å². The van der Waals surface area contributed by atoms with Crippen LogP contribution >= 0.6 is 0 Å². The smallest absolute Gasteiger partial charge is 0.282 e. The van der Waals surface area contributed by atoms with Crippen molar-refractivity contribution in [3.63, 3.8) is 0 Å². The van der Waals surface area contributed by atoms with Crippen molar-refractivity contribution >= 4 is 19.4 Å². The lowest BCUT2D eigenvalue weighted by atomic mass is 10.3. The minimum Gasteiger partial charge on any atom is -0.407 e. The molecule has 0 saturated carbocycles. The van der Waals surface area contributed by atoms with Gasteiger partial charge in [-0.25, -0.2) is 0 Å². The van der Waals surface area contributed by atoms with Crippen LogP contribution in [0.25, 0.3) is 0 Å². The quantitative estimate of drug-likeness (QED) is 0.554. The van der Waals surface area contributed by atoms with Gasteiger partial charge in [0, 0.05) is 6.61 Å². The molecule has 0 aromatic heterocycles. The monoisotopic (exact) mass is 269 g/mol. The highest BCUT2D eigenvalue weighted by Crippen LogP contribution is 1.99. The van der Waals surface area contributed by atoms with Gasteiger partial charge in [-0.05, 0) is 16.8 Å². The Kier molecular flexibility index (Phi) is 5.85. The molecule has 2 aromatic rings. The van der Waals surface area contributed by atoms with Gasteiger partial charge in [0.25, 0.3) is 9.04 Å². The van der Waals surface area contributed by atoms with Crippen LogP contribution in [0, 0.1) is 0 Å². The number of hydrogen-bond acceptors (Lipinski definition) is 1. The van der Waals surface area contributed by atoms with E-state index in [1.807, 2.05) is 0 Å². The van der Waals surface area contributed by atoms with E-state index in [0.29, 0.717) is 0 Å². The van der Waals surface area contributed by atoms with Gasteiger partial charge in [0.1, 0.15) is 0 Å². The summed E-state index contributed by atoms with van der Waals surface area (Å²) < 4.78 is 6.22. The molecule has 0 saturated heterocycles. The summed E-state index contributed by atoms with van der Waals surface area (Å²) in [7, 11) is -1.08. The van der Waals surface area contributed by atoms with E-state index in [4.69, 9.17) is 4.43 Å². The Balaban J connectivity index is 2.10. The molecule has 0 aliphatic heterocycles. The van der Waals surface area contributed by atoms with Crippen LogP contribution in [0.5, 0.6) is 0 Å². The van der Waals surface area contributed by atoms with E-state index in [1.165, 1.54) is 23.2 Å². The van der Waals surface area contributed by atoms with Crippen LogP contribution in [0.1, 0.15) is 26.2 Å². The summed E-state index contributed by atoms with van der Waals surface area (Å²) in [6.07, 6.45) is 3.64. The van der Waals surface area contributed by atoms with Crippen LogP contribution < -0.4 is 10.4 Å². The Labute approximate surface area is 118 Å². The van der Waals surface area contributed by atoms with Gasteiger partial charge in [-0.3, -0.25) is 0 Å². The predicted octanol–water partition coefficient (Wildman–Crippen LogP) is 3.00. The normalized spacial score (nSPS) is 10.8. The van der Waals surface area contributed by atoms with Gasteiger partial charge in [0.15, 0.2) is 0 Å². The van der Waals surface area contributed by atoms with Crippen LogP contribution in [0.3, 0.4) is 0 Å². The largest absolute Gasteiger partial charge is 0.407 e. The maximum Gasteiger partial charge on any atom is 0.282 e. The SMILES string of the molecule is CCCCCO[Si](c1ccccc1)c1ccccc1. The van der Waals surface area contributed by atoms with Crippen molar-refractivity contribution in [3.05, 3.63) is 60.7 Å². The molecule has 0 amide bonds. The average Bonchev–Trinajstić information content (AvgIpc) is 2.49. The van der Waals surface area contributed by atoms with Crippen molar-refractivity contribution in [2.45, 2.75) is 26.2 Å². The molecule has 2 rings (SSSR count). The van der Waals surface area contributed by atoms with E-state index in [1.54, 1.807) is 0 Å². The zero-order valence-corrected chi connectivity index (χ0v) is 12.5. The highest BCUT2D eigenvalue weighted by molar-refractivity contribution is 6.80. The summed E-state index contributed by atoms with van der Waals surface area (Å²) in [4.78, 5) is 0. The van der Waals surface area contributed by atoms with Gasteiger partial charge in [-0.2, -0.15) is 0 Å². The summed E-state index contributed by atoms with van der Waals surface area (Å²) >= 11 is 0. The van der Waals surface area contributed by atoms with Crippen LogP contribution in [-0.4, -0.2) is 15.6 Å². The minimum absolute atomic E-state index is 0.867. The van der Waals surface area contributed by atoms with Crippen molar-refractivity contribution in [2.24, 2.45) is 0 Å². The second-order valence-corrected chi connectivity index (χ2v) is 6.72. The zero-order chi connectivity index (χ0) is 13.3. The first kappa shape index (κ1) is 14.0. The summed E-state index contributed by atoms with van der Waals surface area (Å²) in [5.41, 5.74) is 0. The zero-order valence-electron chi connectivity index (χ0n) is 11.5. The Hall–Kier alpha value is -1.38. The van der Waals surface area contributed by atoms with Crippen LogP contribution in [0.4, 0.5) is 0 Å². The molecule has 2 aromatic carbocycles. The summed E-state index contributed by atoms with van der Waals surface area (Å²) in [5, 5.41) is 2.66. The minimum atomic E-state index is -1.08. The first-order valence-corrected chi connectivity index (χ1v) is 8.43. The lowest BCUT2D eigenvalue weighted by Crippen LogP contribution is -2.45. The van der Waals surface area contributed by atoms with E-state index in [0.717, 1.165) is 13.0 Å².